The number of carboxylic acids is 1. The zero-order valence-corrected chi connectivity index (χ0v) is 16.0. The molecule has 7 nitrogen and oxygen atoms in total. The first-order chi connectivity index (χ1) is 13.1. The second kappa shape index (κ2) is 8.65. The normalized spacial score (nSPS) is 10.4. The van der Waals surface area contributed by atoms with Gasteiger partial charge in [0.05, 0.1) is 11.3 Å². The summed E-state index contributed by atoms with van der Waals surface area (Å²) >= 11 is 6.76. The summed E-state index contributed by atoms with van der Waals surface area (Å²) in [5.41, 5.74) is 2.00. The predicted molar refractivity (Wildman–Crippen MR) is 110 cm³/mol. The van der Waals surface area contributed by atoms with Gasteiger partial charge in [-0.3, -0.25) is 0 Å². The minimum atomic E-state index is -0.977. The Morgan fingerprint density at radius 3 is 2.52 bits per heavy atom. The topological polar surface area (TPSA) is 92.1 Å². The minimum Gasteiger partial charge on any atom is -0.478 e. The highest BCUT2D eigenvalue weighted by molar-refractivity contribution is 7.98. The summed E-state index contributed by atoms with van der Waals surface area (Å²) in [5.74, 6) is -0.525. The molecule has 0 spiro atoms. The van der Waals surface area contributed by atoms with E-state index in [0.29, 0.717) is 28.4 Å². The molecule has 0 radical (unpaired) electrons. The highest BCUT2D eigenvalue weighted by Crippen LogP contribution is 2.19. The van der Waals surface area contributed by atoms with E-state index in [1.807, 2.05) is 36.6 Å². The molecule has 1 heterocycles. The lowest BCUT2D eigenvalue weighted by molar-refractivity contribution is 0.0697. The summed E-state index contributed by atoms with van der Waals surface area (Å²) in [6, 6.07) is 16.3. The molecule has 0 amide bonds. The van der Waals surface area contributed by atoms with E-state index in [2.05, 4.69) is 20.7 Å². The van der Waals surface area contributed by atoms with E-state index < -0.39 is 5.97 Å². The number of hydrogen-bond donors (Lipinski definition) is 3. The minimum absolute atomic E-state index is 0.207. The molecule has 0 saturated heterocycles. The van der Waals surface area contributed by atoms with Crippen molar-refractivity contribution < 1.29 is 9.90 Å². The first-order valence-electron chi connectivity index (χ1n) is 8.00. The van der Waals surface area contributed by atoms with E-state index in [1.165, 1.54) is 23.9 Å². The zero-order chi connectivity index (χ0) is 19.2. The lowest BCUT2D eigenvalue weighted by Crippen LogP contribution is -2.29. The lowest BCUT2D eigenvalue weighted by atomic mass is 10.2. The Bertz CT molecular complexity index is 942. The number of anilines is 1. The summed E-state index contributed by atoms with van der Waals surface area (Å²) in [4.78, 5) is 15.4. The van der Waals surface area contributed by atoms with Crippen LogP contribution in [0, 0.1) is 0 Å². The fraction of sp³-hybridized carbons (Fsp3) is 0.111. The number of carbonyl (C=O) groups is 1. The Labute approximate surface area is 165 Å². The third kappa shape index (κ3) is 4.83. The molecule has 2 aromatic carbocycles. The number of thiocarbonyl (C=S) groups is 1. The first kappa shape index (κ1) is 18.9. The van der Waals surface area contributed by atoms with Crippen molar-refractivity contribution in [3.63, 3.8) is 0 Å². The van der Waals surface area contributed by atoms with Crippen LogP contribution in [0.25, 0.3) is 5.69 Å². The van der Waals surface area contributed by atoms with Crippen molar-refractivity contribution in [3.05, 3.63) is 65.7 Å². The Kier molecular flexibility index (Phi) is 6.05. The van der Waals surface area contributed by atoms with Gasteiger partial charge < -0.3 is 15.7 Å². The van der Waals surface area contributed by atoms with Crippen molar-refractivity contribution in [2.24, 2.45) is 0 Å². The average molecular weight is 400 g/mol. The summed E-state index contributed by atoms with van der Waals surface area (Å²) in [6.07, 6.45) is 1.88. The highest BCUT2D eigenvalue weighted by Gasteiger charge is 2.13. The third-order valence-electron chi connectivity index (χ3n) is 3.65. The van der Waals surface area contributed by atoms with E-state index in [0.717, 1.165) is 5.56 Å². The predicted octanol–water partition coefficient (Wildman–Crippen LogP) is 3.17. The van der Waals surface area contributed by atoms with Gasteiger partial charge in [0.25, 0.3) is 0 Å². The van der Waals surface area contributed by atoms with Crippen LogP contribution >= 0.6 is 24.0 Å². The van der Waals surface area contributed by atoms with Crippen molar-refractivity contribution in [2.45, 2.75) is 11.7 Å². The van der Waals surface area contributed by atoms with Crippen LogP contribution in [0.1, 0.15) is 15.9 Å². The number of nitrogens with zero attached hydrogens (tertiary/aromatic N) is 3. The average Bonchev–Trinajstić information content (AvgIpc) is 3.10. The molecule has 0 aliphatic heterocycles. The molecule has 0 atom stereocenters. The number of benzene rings is 2. The van der Waals surface area contributed by atoms with E-state index in [4.69, 9.17) is 17.3 Å². The Morgan fingerprint density at radius 1 is 1.19 bits per heavy atom. The smallest absolute Gasteiger partial charge is 0.335 e. The van der Waals surface area contributed by atoms with Crippen LogP contribution in [0.4, 0.5) is 5.95 Å². The van der Waals surface area contributed by atoms with E-state index >= 15 is 0 Å². The molecule has 3 aromatic rings. The molecule has 0 saturated carbocycles. The van der Waals surface area contributed by atoms with Crippen LogP contribution in [-0.4, -0.2) is 37.2 Å². The first-order valence-corrected chi connectivity index (χ1v) is 9.63. The Hall–Kier alpha value is -2.91. The molecule has 3 N–H and O–H groups in total. The van der Waals surface area contributed by atoms with Gasteiger partial charge in [0.2, 0.25) is 11.1 Å². The maximum absolute atomic E-state index is 11.0. The molecule has 138 valence electrons. The Morgan fingerprint density at radius 2 is 1.89 bits per heavy atom. The summed E-state index contributed by atoms with van der Waals surface area (Å²) in [7, 11) is 0. The monoisotopic (exact) mass is 399 g/mol. The molecule has 3 rings (SSSR count). The number of hydrogen-bond acceptors (Lipinski definition) is 5. The van der Waals surface area contributed by atoms with Gasteiger partial charge in [0.15, 0.2) is 5.11 Å². The number of nitrogens with one attached hydrogen (secondary N) is 2. The van der Waals surface area contributed by atoms with Gasteiger partial charge in [0.1, 0.15) is 0 Å². The van der Waals surface area contributed by atoms with Gasteiger partial charge in [-0.05, 0) is 48.3 Å². The molecule has 1 aromatic heterocycles. The van der Waals surface area contributed by atoms with Crippen molar-refractivity contribution in [3.8, 4) is 5.69 Å². The number of carboxylic acid groups (broad SMARTS) is 1. The van der Waals surface area contributed by atoms with Crippen LogP contribution in [0.2, 0.25) is 0 Å². The second-order valence-corrected chi connectivity index (χ2v) is 6.66. The maximum Gasteiger partial charge on any atom is 0.335 e. The fourth-order valence-corrected chi connectivity index (χ4v) is 2.81. The van der Waals surface area contributed by atoms with Gasteiger partial charge in [-0.2, -0.15) is 9.67 Å². The van der Waals surface area contributed by atoms with E-state index in [-0.39, 0.29) is 5.56 Å². The summed E-state index contributed by atoms with van der Waals surface area (Å²) in [6.45, 7) is 0.587. The molecular formula is C18H17N5O2S2. The molecule has 0 fully saturated rings. The standard InChI is InChI=1S/C18H17N5O2S2/c1-27-18-21-16(20-17(26)19-11-12-5-3-2-4-6-12)23(22-18)14-9-7-13(8-10-14)15(24)25/h2-10H,11H2,1H3,(H,24,25)(H2,19,20,21,22,26). The van der Waals surface area contributed by atoms with Gasteiger partial charge in [-0.15, -0.1) is 5.10 Å². The molecule has 0 aliphatic carbocycles. The van der Waals surface area contributed by atoms with E-state index in [1.54, 1.807) is 16.8 Å². The largest absolute Gasteiger partial charge is 0.478 e. The molecule has 9 heteroatoms. The number of thioether (sulfide) groups is 1. The molecule has 0 aliphatic rings. The maximum atomic E-state index is 11.0. The van der Waals surface area contributed by atoms with Crippen LogP contribution in [0.3, 0.4) is 0 Å². The number of aromatic carboxylic acids is 1. The number of rotatable bonds is 6. The molecule has 0 unspecified atom stereocenters. The molecule has 27 heavy (non-hydrogen) atoms. The van der Waals surface area contributed by atoms with Gasteiger partial charge in [-0.25, -0.2) is 4.79 Å². The van der Waals surface area contributed by atoms with Crippen LogP contribution in [-0.2, 0) is 6.54 Å². The van der Waals surface area contributed by atoms with Crippen LogP contribution in [0.5, 0.6) is 0 Å². The summed E-state index contributed by atoms with van der Waals surface area (Å²) < 4.78 is 1.59. The van der Waals surface area contributed by atoms with Crippen LogP contribution < -0.4 is 10.6 Å². The van der Waals surface area contributed by atoms with Gasteiger partial charge in [0, 0.05) is 6.54 Å². The van der Waals surface area contributed by atoms with Crippen molar-refractivity contribution >= 4 is 41.0 Å². The Balaban J connectivity index is 1.75. The quantitative estimate of drug-likeness (QED) is 0.430. The van der Waals surface area contributed by atoms with Crippen molar-refractivity contribution in [1.82, 2.24) is 20.1 Å². The second-order valence-electron chi connectivity index (χ2n) is 5.48. The van der Waals surface area contributed by atoms with E-state index in [9.17, 15) is 4.79 Å². The zero-order valence-electron chi connectivity index (χ0n) is 14.4. The van der Waals surface area contributed by atoms with Crippen molar-refractivity contribution in [1.29, 1.82) is 0 Å². The molecule has 0 bridgehead atoms. The fourth-order valence-electron chi connectivity index (χ4n) is 2.31. The van der Waals surface area contributed by atoms with Crippen LogP contribution in [0.15, 0.2) is 59.8 Å². The van der Waals surface area contributed by atoms with Crippen molar-refractivity contribution in [2.75, 3.05) is 11.6 Å². The summed E-state index contributed by atoms with van der Waals surface area (Å²) in [5, 5.41) is 20.6. The van der Waals surface area contributed by atoms with Gasteiger partial charge in [-0.1, -0.05) is 42.1 Å². The SMILES string of the molecule is CSc1nc(NC(=S)NCc2ccccc2)n(-c2ccc(C(=O)O)cc2)n1. The lowest BCUT2D eigenvalue weighted by Gasteiger charge is -2.11. The molecular weight excluding hydrogens is 382 g/mol. The third-order valence-corrected chi connectivity index (χ3v) is 4.43. The highest BCUT2D eigenvalue weighted by atomic mass is 32.2. The number of aromatic nitrogens is 3. The van der Waals surface area contributed by atoms with Gasteiger partial charge >= 0.3 is 5.97 Å².